The number of carbonyl (C=O) groups is 3. The molecule has 0 heterocycles. The van der Waals surface area contributed by atoms with Gasteiger partial charge in [0.15, 0.2) is 0 Å². The molecule has 2 atom stereocenters. The number of ether oxygens (including phenoxy) is 1. The zero-order valence-electron chi connectivity index (χ0n) is 24.7. The lowest BCUT2D eigenvalue weighted by atomic mass is 9.82. The molecule has 0 aliphatic heterocycles. The molecule has 2 N–H and O–H groups in total. The molecule has 0 spiro atoms. The van der Waals surface area contributed by atoms with Gasteiger partial charge in [-0.2, -0.15) is 0 Å². The zero-order valence-corrected chi connectivity index (χ0v) is 24.7. The van der Waals surface area contributed by atoms with Gasteiger partial charge in [-0.05, 0) is 58.8 Å². The maximum atomic E-state index is 13.6. The van der Waals surface area contributed by atoms with Crippen molar-refractivity contribution in [3.8, 4) is 0 Å². The molecule has 0 bridgehead atoms. The average molecular weight is 510 g/mol. The Bertz CT molecular complexity index is 682. The predicted molar refractivity (Wildman–Crippen MR) is 149 cm³/mol. The van der Waals surface area contributed by atoms with Crippen LogP contribution in [0, 0.1) is 5.92 Å². The van der Waals surface area contributed by atoms with E-state index in [-0.39, 0.29) is 29.7 Å². The molecule has 7 heteroatoms. The summed E-state index contributed by atoms with van der Waals surface area (Å²) >= 11 is 0. The molecule has 36 heavy (non-hydrogen) atoms. The van der Waals surface area contributed by atoms with Gasteiger partial charge in [-0.15, -0.1) is 0 Å². The number of nitrogens with one attached hydrogen (secondary N) is 2. The SMILES string of the molecule is CCC.CCOC(=O)/C(C)=C/CN(C)C(=O)C(NC(=O)C(CC)(CC)NC(C)CC)C1CCCCC1. The molecule has 0 radical (unpaired) electrons. The highest BCUT2D eigenvalue weighted by Crippen LogP contribution is 2.28. The highest BCUT2D eigenvalue weighted by atomic mass is 16.5. The minimum Gasteiger partial charge on any atom is -0.463 e. The molecule has 0 aromatic carbocycles. The van der Waals surface area contributed by atoms with Crippen molar-refractivity contribution in [3.63, 3.8) is 0 Å². The van der Waals surface area contributed by atoms with Crippen LogP contribution in [-0.2, 0) is 19.1 Å². The summed E-state index contributed by atoms with van der Waals surface area (Å²) in [7, 11) is 1.73. The van der Waals surface area contributed by atoms with E-state index in [0.717, 1.165) is 32.1 Å². The van der Waals surface area contributed by atoms with Gasteiger partial charge >= 0.3 is 5.97 Å². The topological polar surface area (TPSA) is 87.7 Å². The fourth-order valence-corrected chi connectivity index (χ4v) is 4.47. The van der Waals surface area contributed by atoms with Crippen molar-refractivity contribution in [1.82, 2.24) is 15.5 Å². The van der Waals surface area contributed by atoms with E-state index in [2.05, 4.69) is 38.3 Å². The Morgan fingerprint density at radius 2 is 1.58 bits per heavy atom. The molecule has 2 unspecified atom stereocenters. The van der Waals surface area contributed by atoms with Gasteiger partial charge in [0.25, 0.3) is 0 Å². The van der Waals surface area contributed by atoms with E-state index >= 15 is 0 Å². The third-order valence-electron chi connectivity index (χ3n) is 7.10. The molecular formula is C29H55N3O4. The highest BCUT2D eigenvalue weighted by Gasteiger charge is 2.40. The van der Waals surface area contributed by atoms with Crippen LogP contribution in [0.15, 0.2) is 11.6 Å². The lowest BCUT2D eigenvalue weighted by Crippen LogP contribution is -2.63. The van der Waals surface area contributed by atoms with E-state index in [1.807, 2.05) is 13.8 Å². The quantitative estimate of drug-likeness (QED) is 0.257. The molecule has 1 fully saturated rings. The van der Waals surface area contributed by atoms with Crippen LogP contribution in [0.25, 0.3) is 0 Å². The second-order valence-electron chi connectivity index (χ2n) is 10.1. The standard InChI is InChI=1S/C26H47N3O4.C3H8/c1-8-20(6)28-26(9-2,10-3)25(32)27-22(21-15-13-12-14-16-21)23(30)29(7)18-17-19(5)24(31)33-11-4;1-3-2/h17,20-22,28H,8-16,18H2,1-7H3,(H,27,32);3H2,1-2H3/b19-17+;. The van der Waals surface area contributed by atoms with Crippen molar-refractivity contribution in [2.75, 3.05) is 20.2 Å². The summed E-state index contributed by atoms with van der Waals surface area (Å²) in [6.45, 7) is 16.5. The summed E-state index contributed by atoms with van der Waals surface area (Å²) in [5, 5.41) is 6.69. The van der Waals surface area contributed by atoms with Gasteiger partial charge < -0.3 is 20.3 Å². The first-order valence-electron chi connectivity index (χ1n) is 14.2. The Morgan fingerprint density at radius 1 is 1.03 bits per heavy atom. The van der Waals surface area contributed by atoms with Gasteiger partial charge in [0, 0.05) is 25.2 Å². The molecule has 1 rings (SSSR count). The molecule has 1 aliphatic rings. The molecule has 0 aromatic heterocycles. The lowest BCUT2D eigenvalue weighted by molar-refractivity contribution is -0.139. The third kappa shape index (κ3) is 11.0. The Labute approximate surface area is 221 Å². The molecular weight excluding hydrogens is 454 g/mol. The Balaban J connectivity index is 0.00000387. The van der Waals surface area contributed by atoms with Gasteiger partial charge in [-0.1, -0.05) is 66.4 Å². The molecule has 210 valence electrons. The summed E-state index contributed by atoms with van der Waals surface area (Å²) < 4.78 is 5.02. The van der Waals surface area contributed by atoms with E-state index in [1.54, 1.807) is 31.9 Å². The molecule has 1 aliphatic carbocycles. The van der Waals surface area contributed by atoms with Crippen LogP contribution in [0.4, 0.5) is 0 Å². The van der Waals surface area contributed by atoms with Gasteiger partial charge in [-0.25, -0.2) is 4.79 Å². The lowest BCUT2D eigenvalue weighted by Gasteiger charge is -2.38. The van der Waals surface area contributed by atoms with Gasteiger partial charge in [0.2, 0.25) is 11.8 Å². The van der Waals surface area contributed by atoms with Crippen molar-refractivity contribution >= 4 is 17.8 Å². The van der Waals surface area contributed by atoms with Gasteiger partial charge in [-0.3, -0.25) is 9.59 Å². The Morgan fingerprint density at radius 3 is 2.06 bits per heavy atom. The summed E-state index contributed by atoms with van der Waals surface area (Å²) in [6.07, 6.45) is 10.4. The maximum Gasteiger partial charge on any atom is 0.333 e. The third-order valence-corrected chi connectivity index (χ3v) is 7.10. The van der Waals surface area contributed by atoms with Crippen LogP contribution in [0.3, 0.4) is 0 Å². The fraction of sp³-hybridized carbons (Fsp3) is 0.828. The number of likely N-dealkylation sites (N-methyl/N-ethyl adjacent to an activating group) is 1. The van der Waals surface area contributed by atoms with Crippen LogP contribution in [-0.4, -0.2) is 60.5 Å². The second kappa shape index (κ2) is 18.4. The number of hydrogen-bond donors (Lipinski definition) is 2. The predicted octanol–water partition coefficient (Wildman–Crippen LogP) is 5.38. The minimum atomic E-state index is -0.693. The molecule has 2 amide bonds. The first kappa shape index (κ1) is 34.1. The van der Waals surface area contributed by atoms with E-state index < -0.39 is 11.6 Å². The molecule has 0 aromatic rings. The normalized spacial score (nSPS) is 16.3. The van der Waals surface area contributed by atoms with Crippen molar-refractivity contribution in [3.05, 3.63) is 11.6 Å². The number of carbonyl (C=O) groups excluding carboxylic acids is 3. The van der Waals surface area contributed by atoms with Crippen LogP contribution in [0.5, 0.6) is 0 Å². The van der Waals surface area contributed by atoms with Gasteiger partial charge in [0.05, 0.1) is 12.1 Å². The Kier molecular flexibility index (Phi) is 17.4. The number of nitrogens with zero attached hydrogens (tertiary/aromatic N) is 1. The summed E-state index contributed by atoms with van der Waals surface area (Å²) in [4.78, 5) is 40.6. The smallest absolute Gasteiger partial charge is 0.333 e. The minimum absolute atomic E-state index is 0.0941. The van der Waals surface area contributed by atoms with Crippen LogP contribution in [0.2, 0.25) is 0 Å². The van der Waals surface area contributed by atoms with E-state index in [1.165, 1.54) is 12.8 Å². The van der Waals surface area contributed by atoms with Crippen LogP contribution in [0.1, 0.15) is 113 Å². The fourth-order valence-electron chi connectivity index (χ4n) is 4.47. The van der Waals surface area contributed by atoms with Gasteiger partial charge in [0.1, 0.15) is 6.04 Å². The largest absolute Gasteiger partial charge is 0.463 e. The van der Waals surface area contributed by atoms with Crippen LogP contribution < -0.4 is 10.6 Å². The number of hydrogen-bond acceptors (Lipinski definition) is 5. The monoisotopic (exact) mass is 509 g/mol. The van der Waals surface area contributed by atoms with Crippen molar-refractivity contribution in [2.45, 2.75) is 131 Å². The van der Waals surface area contributed by atoms with Crippen molar-refractivity contribution < 1.29 is 19.1 Å². The summed E-state index contributed by atoms with van der Waals surface area (Å²) in [5.41, 5.74) is -0.217. The first-order valence-corrected chi connectivity index (χ1v) is 14.2. The number of esters is 1. The summed E-state index contributed by atoms with van der Waals surface area (Å²) in [5.74, 6) is -0.443. The number of amides is 2. The van der Waals surface area contributed by atoms with Crippen molar-refractivity contribution in [2.24, 2.45) is 5.92 Å². The van der Waals surface area contributed by atoms with E-state index in [4.69, 9.17) is 4.74 Å². The highest BCUT2D eigenvalue weighted by molar-refractivity contribution is 5.92. The zero-order chi connectivity index (χ0) is 27.7. The summed E-state index contributed by atoms with van der Waals surface area (Å²) in [6, 6.07) is -0.353. The van der Waals surface area contributed by atoms with Crippen molar-refractivity contribution in [1.29, 1.82) is 0 Å². The van der Waals surface area contributed by atoms with E-state index in [0.29, 0.717) is 31.6 Å². The van der Waals surface area contributed by atoms with Crippen LogP contribution >= 0.6 is 0 Å². The average Bonchev–Trinajstić information content (AvgIpc) is 2.89. The molecule has 0 saturated heterocycles. The molecule has 1 saturated carbocycles. The second-order valence-corrected chi connectivity index (χ2v) is 10.1. The number of rotatable bonds is 13. The Hall–Kier alpha value is -1.89. The maximum absolute atomic E-state index is 13.6. The van der Waals surface area contributed by atoms with E-state index in [9.17, 15) is 14.4 Å². The first-order chi connectivity index (χ1) is 17.1. The molecule has 7 nitrogen and oxygen atoms in total.